The topological polar surface area (TPSA) is 109 Å². The van der Waals surface area contributed by atoms with Crippen molar-refractivity contribution < 1.29 is 19.1 Å². The summed E-state index contributed by atoms with van der Waals surface area (Å²) in [6.45, 7) is 1.64. The van der Waals surface area contributed by atoms with E-state index in [0.717, 1.165) is 25.7 Å². The first-order valence-electron chi connectivity index (χ1n) is 9.99. The van der Waals surface area contributed by atoms with Gasteiger partial charge in [-0.05, 0) is 31.9 Å². The number of H-pyrrole nitrogens is 1. The second-order valence-corrected chi connectivity index (χ2v) is 7.68. The minimum atomic E-state index is -0.757. The molecule has 0 radical (unpaired) electrons. The second kappa shape index (κ2) is 7.77. The summed E-state index contributed by atoms with van der Waals surface area (Å²) in [5.41, 5.74) is 0.217. The molecule has 2 fully saturated rings. The molecule has 1 aliphatic heterocycles. The molecule has 2 heterocycles. The molecular weight excluding hydrogens is 374 g/mol. The van der Waals surface area contributed by atoms with E-state index in [1.807, 2.05) is 0 Å². The Balaban J connectivity index is 1.38. The number of nitrogens with zero attached hydrogens (tertiary/aromatic N) is 2. The summed E-state index contributed by atoms with van der Waals surface area (Å²) in [5, 5.41) is 0.460. The lowest BCUT2D eigenvalue weighted by Gasteiger charge is -2.19. The van der Waals surface area contributed by atoms with Crippen LogP contribution in [-0.2, 0) is 19.1 Å². The van der Waals surface area contributed by atoms with Crippen molar-refractivity contribution in [3.63, 3.8) is 0 Å². The number of esters is 1. The van der Waals surface area contributed by atoms with Gasteiger partial charge in [-0.2, -0.15) is 0 Å². The first-order valence-corrected chi connectivity index (χ1v) is 9.99. The van der Waals surface area contributed by atoms with Crippen LogP contribution in [0, 0.1) is 11.8 Å². The van der Waals surface area contributed by atoms with E-state index in [9.17, 15) is 19.2 Å². The van der Waals surface area contributed by atoms with Gasteiger partial charge in [0.15, 0.2) is 11.9 Å². The van der Waals surface area contributed by atoms with Crippen molar-refractivity contribution in [2.75, 3.05) is 6.54 Å². The number of benzene rings is 1. The Morgan fingerprint density at radius 3 is 2.52 bits per heavy atom. The van der Waals surface area contributed by atoms with Crippen molar-refractivity contribution in [2.45, 2.75) is 45.1 Å². The first-order chi connectivity index (χ1) is 14.0. The van der Waals surface area contributed by atoms with Gasteiger partial charge in [0.2, 0.25) is 11.8 Å². The van der Waals surface area contributed by atoms with Gasteiger partial charge in [-0.25, -0.2) is 4.98 Å². The van der Waals surface area contributed by atoms with E-state index in [1.165, 1.54) is 4.90 Å². The number of likely N-dealkylation sites (tertiary alicyclic amines) is 1. The van der Waals surface area contributed by atoms with Gasteiger partial charge in [0.25, 0.3) is 5.56 Å². The quantitative estimate of drug-likeness (QED) is 0.611. The van der Waals surface area contributed by atoms with E-state index in [1.54, 1.807) is 31.2 Å². The third-order valence-electron chi connectivity index (χ3n) is 5.80. The number of carbonyl (C=O) groups excluding carboxylic acids is 3. The Bertz CT molecular complexity index is 1010. The predicted octanol–water partition coefficient (Wildman–Crippen LogP) is 2.09. The highest BCUT2D eigenvalue weighted by molar-refractivity contribution is 6.05. The van der Waals surface area contributed by atoms with Crippen molar-refractivity contribution >= 4 is 28.7 Å². The van der Waals surface area contributed by atoms with Crippen LogP contribution in [0.25, 0.3) is 10.9 Å². The van der Waals surface area contributed by atoms with E-state index in [2.05, 4.69) is 9.97 Å². The number of aromatic nitrogens is 2. The van der Waals surface area contributed by atoms with E-state index in [-0.39, 0.29) is 48.0 Å². The summed E-state index contributed by atoms with van der Waals surface area (Å²) in [5.74, 6) is -1.08. The van der Waals surface area contributed by atoms with Crippen LogP contribution >= 0.6 is 0 Å². The Morgan fingerprint density at radius 1 is 1.17 bits per heavy atom. The van der Waals surface area contributed by atoms with Gasteiger partial charge in [0.05, 0.1) is 29.2 Å². The number of carbonyl (C=O) groups is 3. The van der Waals surface area contributed by atoms with E-state index in [0.29, 0.717) is 10.9 Å². The molecule has 1 saturated heterocycles. The normalized spacial score (nSPS) is 22.6. The molecule has 2 aliphatic rings. The zero-order valence-electron chi connectivity index (χ0n) is 16.2. The lowest BCUT2D eigenvalue weighted by Crippen LogP contribution is -2.33. The smallest absolute Gasteiger partial charge is 0.308 e. The Kier molecular flexibility index (Phi) is 5.17. The largest absolute Gasteiger partial charge is 0.454 e. The number of hydrogen-bond acceptors (Lipinski definition) is 6. The maximum Gasteiger partial charge on any atom is 0.308 e. The minimum Gasteiger partial charge on any atom is -0.454 e. The van der Waals surface area contributed by atoms with Crippen molar-refractivity contribution in [3.05, 3.63) is 40.4 Å². The molecule has 1 saturated carbocycles. The average Bonchev–Trinajstić information content (AvgIpc) is 2.97. The number of hydrogen-bond donors (Lipinski definition) is 1. The van der Waals surface area contributed by atoms with Crippen LogP contribution in [0.4, 0.5) is 0 Å². The molecule has 2 aromatic rings. The van der Waals surface area contributed by atoms with Crippen LogP contribution in [0.2, 0.25) is 0 Å². The van der Waals surface area contributed by atoms with Gasteiger partial charge in [0.1, 0.15) is 0 Å². The molecule has 0 bridgehead atoms. The predicted molar refractivity (Wildman–Crippen MR) is 104 cm³/mol. The maximum atomic E-state index is 12.5. The molecule has 0 spiro atoms. The molecule has 1 aromatic heterocycles. The summed E-state index contributed by atoms with van der Waals surface area (Å²) >= 11 is 0. The summed E-state index contributed by atoms with van der Waals surface area (Å²) in [6.07, 6.45) is 2.57. The van der Waals surface area contributed by atoms with Crippen LogP contribution in [-0.4, -0.2) is 39.2 Å². The number of aromatic amines is 1. The van der Waals surface area contributed by atoms with Crippen LogP contribution < -0.4 is 5.56 Å². The lowest BCUT2D eigenvalue weighted by molar-refractivity contribution is -0.150. The highest BCUT2D eigenvalue weighted by Crippen LogP contribution is 2.38. The van der Waals surface area contributed by atoms with Gasteiger partial charge < -0.3 is 9.72 Å². The van der Waals surface area contributed by atoms with Gasteiger partial charge >= 0.3 is 5.97 Å². The van der Waals surface area contributed by atoms with E-state index >= 15 is 0 Å². The second-order valence-electron chi connectivity index (χ2n) is 7.68. The number of rotatable bonds is 5. The fourth-order valence-corrected chi connectivity index (χ4v) is 4.26. The SMILES string of the molecule is C[C@@H](OC(=O)CCN1C(=O)[C@H]2CCCC[C@H]2C1=O)c1nc2ccccc2c(=O)[nH]1. The summed E-state index contributed by atoms with van der Waals surface area (Å²) in [6, 6.07) is 6.91. The molecule has 1 aliphatic carbocycles. The third kappa shape index (κ3) is 3.66. The highest BCUT2D eigenvalue weighted by atomic mass is 16.5. The molecule has 29 heavy (non-hydrogen) atoms. The lowest BCUT2D eigenvalue weighted by atomic mass is 9.81. The van der Waals surface area contributed by atoms with Gasteiger partial charge in [-0.15, -0.1) is 0 Å². The summed E-state index contributed by atoms with van der Waals surface area (Å²) < 4.78 is 5.37. The standard InChI is InChI=1S/C21H23N3O5/c1-12(18-22-16-9-5-4-8-15(16)19(26)23-18)29-17(25)10-11-24-20(27)13-6-2-3-7-14(13)21(24)28/h4-5,8-9,12-14H,2-3,6-7,10-11H2,1H3,(H,22,23,26)/t12-,13-,14+/m1/s1. The fourth-order valence-electron chi connectivity index (χ4n) is 4.26. The average molecular weight is 397 g/mol. The van der Waals surface area contributed by atoms with Gasteiger partial charge in [-0.1, -0.05) is 25.0 Å². The van der Waals surface area contributed by atoms with Crippen LogP contribution in [0.15, 0.2) is 29.1 Å². The van der Waals surface area contributed by atoms with Crippen molar-refractivity contribution in [3.8, 4) is 0 Å². The van der Waals surface area contributed by atoms with Gasteiger partial charge in [-0.3, -0.25) is 24.1 Å². The molecule has 8 heteroatoms. The zero-order valence-corrected chi connectivity index (χ0v) is 16.2. The number of nitrogens with one attached hydrogen (secondary N) is 1. The molecule has 1 N–H and O–H groups in total. The number of para-hydroxylation sites is 1. The number of amides is 2. The third-order valence-corrected chi connectivity index (χ3v) is 5.80. The van der Waals surface area contributed by atoms with E-state index < -0.39 is 12.1 Å². The number of imide groups is 1. The van der Waals surface area contributed by atoms with E-state index in [4.69, 9.17) is 4.74 Å². The van der Waals surface area contributed by atoms with Gasteiger partial charge in [0, 0.05) is 6.54 Å². The summed E-state index contributed by atoms with van der Waals surface area (Å²) in [7, 11) is 0. The molecule has 8 nitrogen and oxygen atoms in total. The van der Waals surface area contributed by atoms with Crippen LogP contribution in [0.5, 0.6) is 0 Å². The molecular formula is C21H23N3O5. The van der Waals surface area contributed by atoms with Crippen LogP contribution in [0.1, 0.15) is 51.0 Å². The fraction of sp³-hybridized carbons (Fsp3) is 0.476. The monoisotopic (exact) mass is 397 g/mol. The van der Waals surface area contributed by atoms with Crippen molar-refractivity contribution in [1.82, 2.24) is 14.9 Å². The molecule has 0 unspecified atom stereocenters. The van der Waals surface area contributed by atoms with Crippen molar-refractivity contribution in [2.24, 2.45) is 11.8 Å². The van der Waals surface area contributed by atoms with Crippen LogP contribution in [0.3, 0.4) is 0 Å². The highest BCUT2D eigenvalue weighted by Gasteiger charge is 2.47. The molecule has 152 valence electrons. The minimum absolute atomic E-state index is 0.0257. The molecule has 3 atom stereocenters. The first kappa shape index (κ1) is 19.3. The Labute approximate surface area is 167 Å². The maximum absolute atomic E-state index is 12.5. The zero-order chi connectivity index (χ0) is 20.5. The molecule has 4 rings (SSSR count). The Hall–Kier alpha value is -3.03. The Morgan fingerprint density at radius 2 is 1.83 bits per heavy atom. The summed E-state index contributed by atoms with van der Waals surface area (Å²) in [4.78, 5) is 57.6. The number of fused-ring (bicyclic) bond motifs is 2. The van der Waals surface area contributed by atoms with Crippen molar-refractivity contribution in [1.29, 1.82) is 0 Å². The molecule has 2 amide bonds. The molecule has 1 aromatic carbocycles. The number of ether oxygens (including phenoxy) is 1.